The van der Waals surface area contributed by atoms with Gasteiger partial charge in [0.1, 0.15) is 0 Å². The van der Waals surface area contributed by atoms with Gasteiger partial charge in [-0.3, -0.25) is 9.59 Å². The molecule has 72 valence electrons. The third-order valence-corrected chi connectivity index (χ3v) is 1.94. The van der Waals surface area contributed by atoms with E-state index in [1.807, 2.05) is 6.08 Å². The predicted octanol–water partition coefficient (Wildman–Crippen LogP) is 0.386. The number of ether oxygens (including phenoxy) is 1. The van der Waals surface area contributed by atoms with Crippen LogP contribution in [0, 0.1) is 0 Å². The summed E-state index contributed by atoms with van der Waals surface area (Å²) in [6, 6.07) is 0. The van der Waals surface area contributed by atoms with Crippen molar-refractivity contribution in [2.45, 2.75) is 19.3 Å². The minimum atomic E-state index is -0.278. The first-order chi connectivity index (χ1) is 6.24. The van der Waals surface area contributed by atoms with Crippen molar-refractivity contribution in [3.8, 4) is 0 Å². The summed E-state index contributed by atoms with van der Waals surface area (Å²) in [4.78, 5) is 21.9. The molecule has 0 aromatic rings. The van der Waals surface area contributed by atoms with Crippen LogP contribution in [-0.2, 0) is 14.3 Å². The molecule has 0 atom stereocenters. The maximum Gasteiger partial charge on any atom is 0.305 e. The average molecular weight is 183 g/mol. The molecule has 0 unspecified atom stereocenters. The molecule has 4 nitrogen and oxygen atoms in total. The van der Waals surface area contributed by atoms with Crippen LogP contribution in [0.5, 0.6) is 0 Å². The van der Waals surface area contributed by atoms with Crippen LogP contribution < -0.4 is 5.32 Å². The van der Waals surface area contributed by atoms with Gasteiger partial charge in [0, 0.05) is 18.5 Å². The van der Waals surface area contributed by atoms with Gasteiger partial charge in [0.05, 0.1) is 7.11 Å². The van der Waals surface area contributed by atoms with Crippen LogP contribution >= 0.6 is 0 Å². The smallest absolute Gasteiger partial charge is 0.305 e. The first-order valence-electron chi connectivity index (χ1n) is 4.28. The maximum atomic E-state index is 11.2. The first-order valence-corrected chi connectivity index (χ1v) is 4.28. The van der Waals surface area contributed by atoms with E-state index in [0.717, 1.165) is 6.42 Å². The highest BCUT2D eigenvalue weighted by Gasteiger charge is 2.13. The lowest BCUT2D eigenvalue weighted by Gasteiger charge is -2.12. The lowest BCUT2D eigenvalue weighted by atomic mass is 10.1. The molecule has 13 heavy (non-hydrogen) atoms. The van der Waals surface area contributed by atoms with Gasteiger partial charge in [0.25, 0.3) is 0 Å². The third kappa shape index (κ3) is 2.89. The molecule has 0 spiro atoms. The Morgan fingerprint density at radius 1 is 1.69 bits per heavy atom. The Balaban J connectivity index is 2.39. The van der Waals surface area contributed by atoms with Gasteiger partial charge in [0.2, 0.25) is 5.91 Å². The van der Waals surface area contributed by atoms with E-state index < -0.39 is 0 Å². The summed E-state index contributed by atoms with van der Waals surface area (Å²) < 4.78 is 4.48. The summed E-state index contributed by atoms with van der Waals surface area (Å²) in [5.74, 6) is -0.338. The molecule has 1 rings (SSSR count). The molecule has 0 aliphatic carbocycles. The number of esters is 1. The third-order valence-electron chi connectivity index (χ3n) is 1.94. The summed E-state index contributed by atoms with van der Waals surface area (Å²) in [7, 11) is 1.34. The number of hydrogen-bond donors (Lipinski definition) is 1. The highest BCUT2D eigenvalue weighted by molar-refractivity contribution is 5.94. The van der Waals surface area contributed by atoms with Crippen LogP contribution in [0.15, 0.2) is 11.6 Å². The van der Waals surface area contributed by atoms with E-state index in [9.17, 15) is 9.59 Å². The Morgan fingerprint density at radius 2 is 2.46 bits per heavy atom. The lowest BCUT2D eigenvalue weighted by Crippen LogP contribution is -2.29. The largest absolute Gasteiger partial charge is 0.469 e. The van der Waals surface area contributed by atoms with Crippen molar-refractivity contribution >= 4 is 11.9 Å². The Morgan fingerprint density at radius 3 is 3.08 bits per heavy atom. The monoisotopic (exact) mass is 183 g/mol. The van der Waals surface area contributed by atoms with Crippen LogP contribution in [-0.4, -0.2) is 25.5 Å². The fraction of sp³-hybridized carbons (Fsp3) is 0.556. The van der Waals surface area contributed by atoms with E-state index >= 15 is 0 Å². The highest BCUT2D eigenvalue weighted by Crippen LogP contribution is 2.10. The number of carbonyl (C=O) groups is 2. The standard InChI is InChI=1S/C9H13NO3/c1-13-8(11)5-4-7-3-2-6-10-9(7)12/h3H,2,4-6H2,1H3,(H,10,12). The fourth-order valence-electron chi connectivity index (χ4n) is 1.19. The topological polar surface area (TPSA) is 55.4 Å². The van der Waals surface area contributed by atoms with Gasteiger partial charge in [-0.25, -0.2) is 0 Å². The first kappa shape index (κ1) is 9.77. The van der Waals surface area contributed by atoms with Crippen LogP contribution in [0.4, 0.5) is 0 Å². The van der Waals surface area contributed by atoms with Crippen molar-refractivity contribution in [2.75, 3.05) is 13.7 Å². The number of nitrogens with one attached hydrogen (secondary N) is 1. The second kappa shape index (κ2) is 4.64. The molecule has 0 saturated carbocycles. The van der Waals surface area contributed by atoms with Crippen LogP contribution in [0.3, 0.4) is 0 Å². The van der Waals surface area contributed by atoms with Crippen LogP contribution in [0.2, 0.25) is 0 Å². The number of methoxy groups -OCH3 is 1. The number of carbonyl (C=O) groups excluding carboxylic acids is 2. The number of amides is 1. The Labute approximate surface area is 76.9 Å². The molecule has 1 N–H and O–H groups in total. The van der Waals surface area contributed by atoms with Crippen molar-refractivity contribution in [3.05, 3.63) is 11.6 Å². The van der Waals surface area contributed by atoms with Gasteiger partial charge in [-0.2, -0.15) is 0 Å². The molecule has 1 heterocycles. The van der Waals surface area contributed by atoms with Gasteiger partial charge >= 0.3 is 5.97 Å². The molecule has 0 radical (unpaired) electrons. The number of hydrogen-bond acceptors (Lipinski definition) is 3. The van der Waals surface area contributed by atoms with Crippen molar-refractivity contribution < 1.29 is 14.3 Å². The van der Waals surface area contributed by atoms with E-state index in [4.69, 9.17) is 0 Å². The normalized spacial score (nSPS) is 16.1. The van der Waals surface area contributed by atoms with Crippen molar-refractivity contribution in [2.24, 2.45) is 0 Å². The Bertz CT molecular complexity index is 245. The quantitative estimate of drug-likeness (QED) is 0.644. The molecule has 1 amide bonds. The summed E-state index contributed by atoms with van der Waals surface area (Å²) in [5, 5.41) is 2.71. The summed E-state index contributed by atoms with van der Waals surface area (Å²) in [5.41, 5.74) is 0.691. The second-order valence-corrected chi connectivity index (χ2v) is 2.85. The van der Waals surface area contributed by atoms with E-state index in [-0.39, 0.29) is 18.3 Å². The molecule has 0 bridgehead atoms. The summed E-state index contributed by atoms with van der Waals surface area (Å²) in [6.45, 7) is 0.695. The lowest BCUT2D eigenvalue weighted by molar-refractivity contribution is -0.140. The SMILES string of the molecule is COC(=O)CCC1=CCCNC1=O. The minimum Gasteiger partial charge on any atom is -0.469 e. The highest BCUT2D eigenvalue weighted by atomic mass is 16.5. The van der Waals surface area contributed by atoms with E-state index in [1.165, 1.54) is 7.11 Å². The molecule has 1 aliphatic heterocycles. The summed E-state index contributed by atoms with van der Waals surface area (Å²) >= 11 is 0. The zero-order valence-corrected chi connectivity index (χ0v) is 7.63. The molecule has 4 heteroatoms. The Kier molecular flexibility index (Phi) is 3.49. The number of rotatable bonds is 3. The molecular formula is C9H13NO3. The van der Waals surface area contributed by atoms with Gasteiger partial charge in [-0.05, 0) is 12.8 Å². The van der Waals surface area contributed by atoms with Crippen molar-refractivity contribution in [3.63, 3.8) is 0 Å². The molecule has 0 fully saturated rings. The zero-order chi connectivity index (χ0) is 9.68. The minimum absolute atomic E-state index is 0.0600. The van der Waals surface area contributed by atoms with Crippen molar-refractivity contribution in [1.29, 1.82) is 0 Å². The van der Waals surface area contributed by atoms with E-state index in [2.05, 4.69) is 10.1 Å². The fourth-order valence-corrected chi connectivity index (χ4v) is 1.19. The van der Waals surface area contributed by atoms with Gasteiger partial charge < -0.3 is 10.1 Å². The van der Waals surface area contributed by atoms with E-state index in [0.29, 0.717) is 18.5 Å². The molecule has 1 aliphatic rings. The van der Waals surface area contributed by atoms with Crippen LogP contribution in [0.1, 0.15) is 19.3 Å². The second-order valence-electron chi connectivity index (χ2n) is 2.85. The summed E-state index contributed by atoms with van der Waals surface area (Å²) in [6.07, 6.45) is 3.47. The molecule has 0 aromatic carbocycles. The zero-order valence-electron chi connectivity index (χ0n) is 7.63. The molecule has 0 saturated heterocycles. The van der Waals surface area contributed by atoms with Gasteiger partial charge in [-0.1, -0.05) is 6.08 Å². The average Bonchev–Trinajstić information content (AvgIpc) is 2.16. The van der Waals surface area contributed by atoms with Gasteiger partial charge in [-0.15, -0.1) is 0 Å². The predicted molar refractivity (Wildman–Crippen MR) is 47.0 cm³/mol. The van der Waals surface area contributed by atoms with Crippen LogP contribution in [0.25, 0.3) is 0 Å². The molecular weight excluding hydrogens is 170 g/mol. The maximum absolute atomic E-state index is 11.2. The van der Waals surface area contributed by atoms with E-state index in [1.54, 1.807) is 0 Å². The van der Waals surface area contributed by atoms with Crippen molar-refractivity contribution in [1.82, 2.24) is 5.32 Å². The van der Waals surface area contributed by atoms with Gasteiger partial charge in [0.15, 0.2) is 0 Å². The Hall–Kier alpha value is -1.32. The molecule has 0 aromatic heterocycles.